The van der Waals surface area contributed by atoms with Crippen LogP contribution in [0.5, 0.6) is 0 Å². The van der Waals surface area contributed by atoms with E-state index >= 15 is 0 Å². The number of aryl methyl sites for hydroxylation is 2. The summed E-state index contributed by atoms with van der Waals surface area (Å²) in [5.41, 5.74) is 6.59. The van der Waals surface area contributed by atoms with Gasteiger partial charge in [-0.3, -0.25) is 9.25 Å². The minimum Gasteiger partial charge on any atom is -0.384 e. The number of nitrogens with two attached hydrogens (primary N) is 1. The van der Waals surface area contributed by atoms with Crippen LogP contribution in [0, 0.1) is 17.0 Å². The average Bonchev–Trinajstić information content (AvgIpc) is 2.82. The molecule has 0 fully saturated rings. The Hall–Kier alpha value is -2.58. The van der Waals surface area contributed by atoms with Crippen molar-refractivity contribution >= 4 is 17.5 Å². The van der Waals surface area contributed by atoms with Crippen molar-refractivity contribution in [2.75, 3.05) is 11.1 Å². The summed E-state index contributed by atoms with van der Waals surface area (Å²) in [6.45, 7) is 2.05. The molecule has 2 rings (SSSR count). The summed E-state index contributed by atoms with van der Waals surface area (Å²) in [5.74, 6) is 1.25. The molecule has 0 aliphatic heterocycles. The van der Waals surface area contributed by atoms with E-state index in [4.69, 9.17) is 5.73 Å². The smallest absolute Gasteiger partial charge is 0.384 e. The van der Waals surface area contributed by atoms with Crippen LogP contribution >= 0.6 is 0 Å². The van der Waals surface area contributed by atoms with Crippen molar-refractivity contribution in [2.24, 2.45) is 14.1 Å². The van der Waals surface area contributed by atoms with Crippen LogP contribution in [0.3, 0.4) is 0 Å². The van der Waals surface area contributed by atoms with E-state index < -0.39 is 4.92 Å². The number of rotatable bonds is 4. The first-order valence-corrected chi connectivity index (χ1v) is 5.59. The molecule has 0 atom stereocenters. The number of aromatic nitrogens is 4. The minimum absolute atomic E-state index is 0.192. The van der Waals surface area contributed by atoms with Gasteiger partial charge in [0.1, 0.15) is 5.82 Å². The van der Waals surface area contributed by atoms with Crippen LogP contribution < -0.4 is 11.1 Å². The van der Waals surface area contributed by atoms with Crippen LogP contribution in [-0.4, -0.2) is 24.3 Å². The van der Waals surface area contributed by atoms with Crippen LogP contribution in [-0.2, 0) is 20.6 Å². The van der Waals surface area contributed by atoms with Crippen molar-refractivity contribution in [1.82, 2.24) is 19.3 Å². The van der Waals surface area contributed by atoms with Gasteiger partial charge < -0.3 is 21.2 Å². The van der Waals surface area contributed by atoms with Crippen molar-refractivity contribution in [3.8, 4) is 0 Å². The first-order valence-electron chi connectivity index (χ1n) is 5.59. The van der Waals surface area contributed by atoms with Gasteiger partial charge in [0.2, 0.25) is 11.6 Å². The lowest BCUT2D eigenvalue weighted by Gasteiger charge is -2.06. The molecule has 102 valence electrons. The lowest BCUT2D eigenvalue weighted by Crippen LogP contribution is -2.08. The number of nitrogens with zero attached hydrogens (tertiary/aromatic N) is 5. The van der Waals surface area contributed by atoms with E-state index in [2.05, 4.69) is 15.4 Å². The quantitative estimate of drug-likeness (QED) is 0.616. The standard InChI is InChI=1S/C10H15N7O2/c1-6-14-10(17(18)19)9(15(6)2)12-4-7-5-13-16(3)8(7)11/h5,12H,4,11H2,1-3H3. The fourth-order valence-electron chi connectivity index (χ4n) is 1.73. The van der Waals surface area contributed by atoms with Gasteiger partial charge in [-0.25, -0.2) is 0 Å². The Morgan fingerprint density at radius 1 is 1.53 bits per heavy atom. The summed E-state index contributed by atoms with van der Waals surface area (Å²) in [6, 6.07) is 0. The molecule has 0 radical (unpaired) electrons. The highest BCUT2D eigenvalue weighted by atomic mass is 16.6. The topological polar surface area (TPSA) is 117 Å². The van der Waals surface area contributed by atoms with Gasteiger partial charge in [-0.15, -0.1) is 0 Å². The van der Waals surface area contributed by atoms with Crippen molar-refractivity contribution in [1.29, 1.82) is 0 Å². The molecule has 19 heavy (non-hydrogen) atoms. The zero-order chi connectivity index (χ0) is 14.2. The maximum absolute atomic E-state index is 10.9. The number of anilines is 2. The molecule has 0 spiro atoms. The second-order valence-corrected chi connectivity index (χ2v) is 4.18. The van der Waals surface area contributed by atoms with Crippen molar-refractivity contribution < 1.29 is 4.92 Å². The normalized spacial score (nSPS) is 10.7. The summed E-state index contributed by atoms with van der Waals surface area (Å²) in [7, 11) is 3.44. The maximum Gasteiger partial charge on any atom is 0.406 e. The highest BCUT2D eigenvalue weighted by Crippen LogP contribution is 2.24. The molecule has 0 aliphatic rings. The Morgan fingerprint density at radius 2 is 2.21 bits per heavy atom. The molecule has 3 N–H and O–H groups in total. The van der Waals surface area contributed by atoms with E-state index in [9.17, 15) is 10.1 Å². The van der Waals surface area contributed by atoms with Gasteiger partial charge in [0, 0.05) is 33.1 Å². The fourth-order valence-corrected chi connectivity index (χ4v) is 1.73. The maximum atomic E-state index is 10.9. The molecule has 0 amide bonds. The van der Waals surface area contributed by atoms with Crippen LogP contribution in [0.25, 0.3) is 0 Å². The Kier molecular flexibility index (Phi) is 3.11. The van der Waals surface area contributed by atoms with Gasteiger partial charge in [-0.1, -0.05) is 0 Å². The third-order valence-corrected chi connectivity index (χ3v) is 2.98. The molecule has 0 unspecified atom stereocenters. The Bertz CT molecular complexity index is 628. The minimum atomic E-state index is -0.512. The molecule has 0 aromatic carbocycles. The monoisotopic (exact) mass is 265 g/mol. The Morgan fingerprint density at radius 3 is 2.74 bits per heavy atom. The number of nitro groups is 1. The molecular formula is C10H15N7O2. The zero-order valence-corrected chi connectivity index (χ0v) is 10.9. The third-order valence-electron chi connectivity index (χ3n) is 2.98. The second-order valence-electron chi connectivity index (χ2n) is 4.18. The summed E-state index contributed by atoms with van der Waals surface area (Å²) in [4.78, 5) is 14.3. The van der Waals surface area contributed by atoms with E-state index in [0.29, 0.717) is 24.0 Å². The second kappa shape index (κ2) is 4.59. The molecule has 2 aromatic rings. The summed E-state index contributed by atoms with van der Waals surface area (Å²) < 4.78 is 3.17. The average molecular weight is 265 g/mol. The number of nitrogen functional groups attached to an aromatic ring is 1. The fraction of sp³-hybridized carbons (Fsp3) is 0.400. The van der Waals surface area contributed by atoms with Gasteiger partial charge in [-0.05, 0) is 9.91 Å². The predicted molar refractivity (Wildman–Crippen MR) is 69.5 cm³/mol. The summed E-state index contributed by atoms with van der Waals surface area (Å²) >= 11 is 0. The number of hydrogen-bond acceptors (Lipinski definition) is 6. The summed E-state index contributed by atoms with van der Waals surface area (Å²) in [6.07, 6.45) is 1.62. The number of hydrogen-bond donors (Lipinski definition) is 2. The highest BCUT2D eigenvalue weighted by molar-refractivity contribution is 5.54. The van der Waals surface area contributed by atoms with Gasteiger partial charge in [0.15, 0.2) is 0 Å². The lowest BCUT2D eigenvalue weighted by molar-refractivity contribution is -0.388. The molecule has 0 saturated carbocycles. The molecule has 0 saturated heterocycles. The lowest BCUT2D eigenvalue weighted by atomic mass is 10.3. The van der Waals surface area contributed by atoms with E-state index in [1.165, 1.54) is 0 Å². The number of nitrogens with one attached hydrogen (secondary N) is 1. The molecule has 9 heteroatoms. The van der Waals surface area contributed by atoms with Crippen LogP contribution in [0.15, 0.2) is 6.20 Å². The molecular weight excluding hydrogens is 250 g/mol. The van der Waals surface area contributed by atoms with Crippen LogP contribution in [0.1, 0.15) is 11.4 Å². The van der Waals surface area contributed by atoms with Crippen molar-refractivity contribution in [2.45, 2.75) is 13.5 Å². The molecule has 0 bridgehead atoms. The first-order chi connectivity index (χ1) is 8.91. The highest BCUT2D eigenvalue weighted by Gasteiger charge is 2.23. The van der Waals surface area contributed by atoms with Crippen molar-refractivity contribution in [3.05, 3.63) is 27.7 Å². The number of imidazole rings is 1. The van der Waals surface area contributed by atoms with Crippen LogP contribution in [0.4, 0.5) is 17.5 Å². The molecule has 0 aliphatic carbocycles. The SMILES string of the molecule is Cc1nc([N+](=O)[O-])c(NCc2cnn(C)c2N)n1C. The molecule has 9 nitrogen and oxygen atoms in total. The largest absolute Gasteiger partial charge is 0.406 e. The Balaban J connectivity index is 2.24. The zero-order valence-electron chi connectivity index (χ0n) is 10.9. The van der Waals surface area contributed by atoms with E-state index in [1.807, 2.05) is 0 Å². The predicted octanol–water partition coefficient (Wildman–Crippen LogP) is 0.565. The van der Waals surface area contributed by atoms with Gasteiger partial charge in [-0.2, -0.15) is 5.10 Å². The molecule has 2 aromatic heterocycles. The van der Waals surface area contributed by atoms with Crippen molar-refractivity contribution in [3.63, 3.8) is 0 Å². The van der Waals surface area contributed by atoms with Crippen LogP contribution in [0.2, 0.25) is 0 Å². The first kappa shape index (κ1) is 12.9. The molecule has 2 heterocycles. The summed E-state index contributed by atoms with van der Waals surface area (Å²) in [5, 5.41) is 17.9. The van der Waals surface area contributed by atoms with Gasteiger partial charge in [0.05, 0.1) is 6.20 Å². The van der Waals surface area contributed by atoms with Gasteiger partial charge >= 0.3 is 5.82 Å². The Labute approximate surface area is 109 Å². The third kappa shape index (κ3) is 2.21. The van der Waals surface area contributed by atoms with E-state index in [0.717, 1.165) is 5.56 Å². The van der Waals surface area contributed by atoms with E-state index in [1.54, 1.807) is 36.5 Å². The van der Waals surface area contributed by atoms with E-state index in [-0.39, 0.29) is 5.82 Å². The van der Waals surface area contributed by atoms with Gasteiger partial charge in [0.25, 0.3) is 0 Å².